The highest BCUT2D eigenvalue weighted by Crippen LogP contribution is 2.48. The van der Waals surface area contributed by atoms with Crippen LogP contribution in [-0.2, 0) is 14.3 Å². The third-order valence-corrected chi connectivity index (χ3v) is 6.44. The highest BCUT2D eigenvalue weighted by atomic mass is 32.2. The second-order valence-corrected chi connectivity index (χ2v) is 8.04. The van der Waals surface area contributed by atoms with E-state index in [0.29, 0.717) is 5.75 Å². The molecular weight excluding hydrogens is 396 g/mol. The van der Waals surface area contributed by atoms with Gasteiger partial charge in [0.15, 0.2) is 0 Å². The van der Waals surface area contributed by atoms with Crippen LogP contribution in [0.15, 0.2) is 91.0 Å². The maximum Gasteiger partial charge on any atom is 0.322 e. The van der Waals surface area contributed by atoms with Gasteiger partial charge in [0.05, 0.1) is 10.8 Å². The van der Waals surface area contributed by atoms with Gasteiger partial charge in [-0.3, -0.25) is 9.59 Å². The van der Waals surface area contributed by atoms with Crippen molar-refractivity contribution >= 4 is 23.6 Å². The number of thioether (sulfide) groups is 1. The number of carbonyl (C=O) groups is 2. The summed E-state index contributed by atoms with van der Waals surface area (Å²) in [6.07, 6.45) is 0. The molecule has 0 aliphatic rings. The van der Waals surface area contributed by atoms with Crippen LogP contribution in [0.1, 0.15) is 16.7 Å². The van der Waals surface area contributed by atoms with Crippen molar-refractivity contribution in [1.82, 2.24) is 5.32 Å². The lowest BCUT2D eigenvalue weighted by molar-refractivity contribution is -0.138. The summed E-state index contributed by atoms with van der Waals surface area (Å²) in [6, 6.07) is 29.5. The molecule has 3 aromatic carbocycles. The maximum atomic E-state index is 12.3. The molecule has 154 valence electrons. The molecule has 4 N–H and O–H groups in total. The van der Waals surface area contributed by atoms with Gasteiger partial charge in [-0.2, -0.15) is 0 Å². The standard InChI is InChI=1S/C24H24N2O3S/c25-21(23(29)26-16-22(27)28)17-30-24(18-10-4-1-5-11-18,19-12-6-2-7-13-19)20-14-8-3-9-15-20/h1-15,21H,16-17,25H2,(H,26,29)(H,27,28). The van der Waals surface area contributed by atoms with Crippen molar-refractivity contribution < 1.29 is 14.7 Å². The topological polar surface area (TPSA) is 92.4 Å². The number of rotatable bonds is 9. The van der Waals surface area contributed by atoms with Gasteiger partial charge < -0.3 is 16.2 Å². The lowest BCUT2D eigenvalue weighted by Gasteiger charge is -2.36. The molecule has 0 aromatic heterocycles. The molecule has 3 rings (SSSR count). The van der Waals surface area contributed by atoms with Gasteiger partial charge in [-0.05, 0) is 16.7 Å². The first kappa shape index (κ1) is 21.6. The fraction of sp³-hybridized carbons (Fsp3) is 0.167. The third kappa shape index (κ3) is 4.90. The molecule has 0 fully saturated rings. The van der Waals surface area contributed by atoms with Gasteiger partial charge in [0, 0.05) is 5.75 Å². The molecule has 1 amide bonds. The average molecular weight is 421 g/mol. The summed E-state index contributed by atoms with van der Waals surface area (Å²) in [4.78, 5) is 23.0. The van der Waals surface area contributed by atoms with Gasteiger partial charge in [-0.1, -0.05) is 91.0 Å². The quantitative estimate of drug-likeness (QED) is 0.462. The fourth-order valence-electron chi connectivity index (χ4n) is 3.35. The molecule has 0 aliphatic carbocycles. The van der Waals surface area contributed by atoms with Crippen molar-refractivity contribution in [2.24, 2.45) is 5.73 Å². The van der Waals surface area contributed by atoms with Gasteiger partial charge in [0.1, 0.15) is 6.54 Å². The summed E-state index contributed by atoms with van der Waals surface area (Å²) in [5.74, 6) is -1.27. The molecule has 6 heteroatoms. The minimum Gasteiger partial charge on any atom is -0.480 e. The Bertz CT molecular complexity index is 869. The molecule has 30 heavy (non-hydrogen) atoms. The number of aliphatic carboxylic acids is 1. The van der Waals surface area contributed by atoms with Crippen LogP contribution < -0.4 is 11.1 Å². The Kier molecular flexibility index (Phi) is 7.27. The predicted molar refractivity (Wildman–Crippen MR) is 120 cm³/mol. The van der Waals surface area contributed by atoms with Crippen LogP contribution in [-0.4, -0.2) is 35.3 Å². The van der Waals surface area contributed by atoms with Crippen LogP contribution in [0.5, 0.6) is 0 Å². The fourth-order valence-corrected chi connectivity index (χ4v) is 4.84. The smallest absolute Gasteiger partial charge is 0.322 e. The Morgan fingerprint density at radius 2 is 1.23 bits per heavy atom. The van der Waals surface area contributed by atoms with E-state index in [9.17, 15) is 9.59 Å². The number of nitrogens with one attached hydrogen (secondary N) is 1. The van der Waals surface area contributed by atoms with E-state index in [0.717, 1.165) is 16.7 Å². The lowest BCUT2D eigenvalue weighted by atomic mass is 9.84. The van der Waals surface area contributed by atoms with E-state index in [-0.39, 0.29) is 0 Å². The molecule has 0 saturated carbocycles. The summed E-state index contributed by atoms with van der Waals surface area (Å²) in [5, 5.41) is 11.1. The van der Waals surface area contributed by atoms with E-state index in [2.05, 4.69) is 41.7 Å². The normalized spacial score (nSPS) is 12.2. The molecule has 0 heterocycles. The molecule has 0 radical (unpaired) electrons. The molecule has 5 nitrogen and oxygen atoms in total. The van der Waals surface area contributed by atoms with Crippen molar-refractivity contribution in [2.75, 3.05) is 12.3 Å². The van der Waals surface area contributed by atoms with E-state index in [1.807, 2.05) is 54.6 Å². The minimum absolute atomic E-state index is 0.310. The van der Waals surface area contributed by atoms with Crippen molar-refractivity contribution in [3.63, 3.8) is 0 Å². The van der Waals surface area contributed by atoms with Crippen molar-refractivity contribution in [3.05, 3.63) is 108 Å². The summed E-state index contributed by atoms with van der Waals surface area (Å²) < 4.78 is -0.575. The highest BCUT2D eigenvalue weighted by molar-refractivity contribution is 8.00. The van der Waals surface area contributed by atoms with Crippen LogP contribution in [0.4, 0.5) is 0 Å². The van der Waals surface area contributed by atoms with Gasteiger partial charge in [0.2, 0.25) is 5.91 Å². The zero-order chi connectivity index (χ0) is 21.4. The SMILES string of the molecule is NC(CSC(c1ccccc1)(c1ccccc1)c1ccccc1)C(=O)NCC(=O)O. The van der Waals surface area contributed by atoms with Crippen molar-refractivity contribution in [2.45, 2.75) is 10.8 Å². The first-order valence-electron chi connectivity index (χ1n) is 9.59. The Morgan fingerprint density at radius 1 is 0.833 bits per heavy atom. The zero-order valence-electron chi connectivity index (χ0n) is 16.4. The van der Waals surface area contributed by atoms with Crippen molar-refractivity contribution in [1.29, 1.82) is 0 Å². The monoisotopic (exact) mass is 420 g/mol. The number of benzene rings is 3. The van der Waals surface area contributed by atoms with E-state index in [1.165, 1.54) is 0 Å². The first-order chi connectivity index (χ1) is 14.5. The molecule has 1 unspecified atom stereocenters. The number of hydrogen-bond acceptors (Lipinski definition) is 4. The van der Waals surface area contributed by atoms with Crippen LogP contribution in [0.3, 0.4) is 0 Å². The Morgan fingerprint density at radius 3 is 1.60 bits per heavy atom. The number of amides is 1. The van der Waals surface area contributed by atoms with Crippen molar-refractivity contribution in [3.8, 4) is 0 Å². The largest absolute Gasteiger partial charge is 0.480 e. The summed E-state index contributed by atoms with van der Waals surface area (Å²) in [6.45, 7) is -0.446. The van der Waals surface area contributed by atoms with Crippen LogP contribution >= 0.6 is 11.8 Å². The molecule has 0 bridgehead atoms. The molecule has 0 saturated heterocycles. The zero-order valence-corrected chi connectivity index (χ0v) is 17.2. The lowest BCUT2D eigenvalue weighted by Crippen LogP contribution is -2.45. The van der Waals surface area contributed by atoms with Crippen LogP contribution in [0, 0.1) is 0 Å². The number of nitrogens with two attached hydrogens (primary N) is 1. The predicted octanol–water partition coefficient (Wildman–Crippen LogP) is 3.24. The molecular formula is C24H24N2O3S. The number of carboxylic acids is 1. The molecule has 0 spiro atoms. The van der Waals surface area contributed by atoms with E-state index < -0.39 is 29.2 Å². The van der Waals surface area contributed by atoms with E-state index in [1.54, 1.807) is 11.8 Å². The van der Waals surface area contributed by atoms with Gasteiger partial charge in [-0.15, -0.1) is 11.8 Å². The molecule has 0 aliphatic heterocycles. The van der Waals surface area contributed by atoms with E-state index in [4.69, 9.17) is 10.8 Å². The minimum atomic E-state index is -1.10. The van der Waals surface area contributed by atoms with Gasteiger partial charge in [-0.25, -0.2) is 0 Å². The Balaban J connectivity index is 2.01. The molecule has 1 atom stereocenters. The third-order valence-electron chi connectivity index (χ3n) is 4.77. The number of carboxylic acid groups (broad SMARTS) is 1. The first-order valence-corrected chi connectivity index (χ1v) is 10.6. The number of hydrogen-bond donors (Lipinski definition) is 3. The van der Waals surface area contributed by atoms with Crippen LogP contribution in [0.2, 0.25) is 0 Å². The summed E-state index contributed by atoms with van der Waals surface area (Å²) in [5.41, 5.74) is 9.34. The number of carbonyl (C=O) groups excluding carboxylic acids is 1. The van der Waals surface area contributed by atoms with Gasteiger partial charge >= 0.3 is 5.97 Å². The maximum absolute atomic E-state index is 12.3. The highest BCUT2D eigenvalue weighted by Gasteiger charge is 2.37. The second-order valence-electron chi connectivity index (χ2n) is 6.81. The van der Waals surface area contributed by atoms with Gasteiger partial charge in [0.25, 0.3) is 0 Å². The molecule has 3 aromatic rings. The van der Waals surface area contributed by atoms with E-state index >= 15 is 0 Å². The Labute approximate surface area is 180 Å². The summed E-state index contributed by atoms with van der Waals surface area (Å²) >= 11 is 1.57. The Hall–Kier alpha value is -3.09. The van der Waals surface area contributed by atoms with Crippen LogP contribution in [0.25, 0.3) is 0 Å². The average Bonchev–Trinajstić information content (AvgIpc) is 2.80. The summed E-state index contributed by atoms with van der Waals surface area (Å²) in [7, 11) is 0. The second kappa shape index (κ2) is 10.1.